The highest BCUT2D eigenvalue weighted by Crippen LogP contribution is 2.32. The summed E-state index contributed by atoms with van der Waals surface area (Å²) in [6.45, 7) is -0.215. The van der Waals surface area contributed by atoms with Crippen molar-refractivity contribution in [3.8, 4) is 0 Å². The number of aromatic nitrogens is 1. The van der Waals surface area contributed by atoms with Gasteiger partial charge in [-0.3, -0.25) is 9.59 Å². The summed E-state index contributed by atoms with van der Waals surface area (Å²) in [6.07, 6.45) is 4.86. The molecule has 8 nitrogen and oxygen atoms in total. The standard InChI is InChI=1S/C24H25Cl2N3O5S2/c1-28(16-6-4-3-5-7-16)36(32,33)17-10-8-15(9-11-17)23(31)27-24-29(14-20(30)34-2)22-19(35-24)13-12-18(25)21(22)26/h8-13,16H,3-7,14H2,1-2H3. The van der Waals surface area contributed by atoms with Crippen LogP contribution in [0.2, 0.25) is 10.0 Å². The number of ether oxygens (including phenoxy) is 1. The van der Waals surface area contributed by atoms with Gasteiger partial charge in [-0.25, -0.2) is 8.42 Å². The number of amides is 1. The molecule has 1 amide bonds. The molecule has 4 rings (SSSR count). The first-order chi connectivity index (χ1) is 17.1. The minimum Gasteiger partial charge on any atom is -0.468 e. The van der Waals surface area contributed by atoms with Gasteiger partial charge >= 0.3 is 5.97 Å². The number of thiazole rings is 1. The average Bonchev–Trinajstić information content (AvgIpc) is 3.23. The molecule has 3 aromatic rings. The Balaban J connectivity index is 1.66. The highest BCUT2D eigenvalue weighted by molar-refractivity contribution is 7.89. The molecule has 12 heteroatoms. The number of halogens is 2. The molecule has 1 aliphatic carbocycles. The maximum Gasteiger partial charge on any atom is 0.325 e. The van der Waals surface area contributed by atoms with Crippen LogP contribution in [0.5, 0.6) is 0 Å². The van der Waals surface area contributed by atoms with Crippen LogP contribution in [0.4, 0.5) is 0 Å². The summed E-state index contributed by atoms with van der Waals surface area (Å²) in [5, 5.41) is 0.535. The average molecular weight is 571 g/mol. The Morgan fingerprint density at radius 2 is 1.78 bits per heavy atom. The van der Waals surface area contributed by atoms with Gasteiger partial charge in [0.05, 0.1) is 32.3 Å². The lowest BCUT2D eigenvalue weighted by molar-refractivity contribution is -0.141. The van der Waals surface area contributed by atoms with Gasteiger partial charge in [0.2, 0.25) is 10.0 Å². The summed E-state index contributed by atoms with van der Waals surface area (Å²) in [5.41, 5.74) is 0.679. The van der Waals surface area contributed by atoms with E-state index >= 15 is 0 Å². The second-order valence-corrected chi connectivity index (χ2v) is 12.3. The third kappa shape index (κ3) is 5.38. The number of carbonyl (C=O) groups is 2. The summed E-state index contributed by atoms with van der Waals surface area (Å²) in [4.78, 5) is 29.6. The van der Waals surface area contributed by atoms with Crippen LogP contribution in [0.3, 0.4) is 0 Å². The van der Waals surface area contributed by atoms with Crippen LogP contribution in [0.1, 0.15) is 42.5 Å². The highest BCUT2D eigenvalue weighted by atomic mass is 35.5. The van der Waals surface area contributed by atoms with E-state index < -0.39 is 21.9 Å². The number of sulfonamides is 1. The number of rotatable bonds is 6. The quantitative estimate of drug-likeness (QED) is 0.394. The maximum absolute atomic E-state index is 13.1. The fourth-order valence-corrected chi connectivity index (χ4v) is 7.18. The molecular weight excluding hydrogens is 545 g/mol. The van der Waals surface area contributed by atoms with Crippen LogP contribution in [0.15, 0.2) is 46.3 Å². The van der Waals surface area contributed by atoms with Crippen LogP contribution in [0.25, 0.3) is 10.2 Å². The van der Waals surface area contributed by atoms with Crippen molar-refractivity contribution in [3.05, 3.63) is 56.8 Å². The number of benzene rings is 2. The number of methoxy groups -OCH3 is 1. The van der Waals surface area contributed by atoms with E-state index in [0.29, 0.717) is 15.2 Å². The van der Waals surface area contributed by atoms with Gasteiger partial charge in [-0.15, -0.1) is 0 Å². The minimum atomic E-state index is -3.68. The van der Waals surface area contributed by atoms with Crippen molar-refractivity contribution in [2.45, 2.75) is 49.6 Å². The van der Waals surface area contributed by atoms with Gasteiger partial charge in [0.25, 0.3) is 5.91 Å². The number of carbonyl (C=O) groups excluding carboxylic acids is 2. The van der Waals surface area contributed by atoms with Crippen LogP contribution < -0.4 is 4.80 Å². The molecule has 0 atom stereocenters. The highest BCUT2D eigenvalue weighted by Gasteiger charge is 2.29. The first-order valence-electron chi connectivity index (χ1n) is 11.3. The third-order valence-corrected chi connectivity index (χ3v) is 10.1. The first-order valence-corrected chi connectivity index (χ1v) is 14.4. The van der Waals surface area contributed by atoms with E-state index in [2.05, 4.69) is 4.99 Å². The third-order valence-electron chi connectivity index (χ3n) is 6.31. The summed E-state index contributed by atoms with van der Waals surface area (Å²) in [6, 6.07) is 9.06. The molecule has 0 N–H and O–H groups in total. The number of nitrogens with zero attached hydrogens (tertiary/aromatic N) is 3. The van der Waals surface area contributed by atoms with E-state index in [1.165, 1.54) is 51.6 Å². The van der Waals surface area contributed by atoms with Crippen LogP contribution >= 0.6 is 34.5 Å². The molecular formula is C24H25Cl2N3O5S2. The Morgan fingerprint density at radius 1 is 1.11 bits per heavy atom. The molecule has 1 heterocycles. The molecule has 1 aliphatic rings. The van der Waals surface area contributed by atoms with Crippen LogP contribution in [-0.2, 0) is 26.1 Å². The van der Waals surface area contributed by atoms with E-state index in [4.69, 9.17) is 27.9 Å². The fraction of sp³-hybridized carbons (Fsp3) is 0.375. The smallest absolute Gasteiger partial charge is 0.325 e. The summed E-state index contributed by atoms with van der Waals surface area (Å²) in [7, 11) is -0.809. The zero-order valence-corrected chi connectivity index (χ0v) is 22.9. The molecule has 2 aromatic carbocycles. The van der Waals surface area contributed by atoms with E-state index in [1.807, 2.05) is 0 Å². The SMILES string of the molecule is COC(=O)Cn1c(=NC(=O)c2ccc(S(=O)(=O)N(C)C3CCCCC3)cc2)sc2ccc(Cl)c(Cl)c21. The molecule has 1 saturated carbocycles. The van der Waals surface area contributed by atoms with Gasteiger partial charge in [-0.2, -0.15) is 9.30 Å². The normalized spacial score (nSPS) is 15.5. The lowest BCUT2D eigenvalue weighted by Gasteiger charge is -2.30. The first kappa shape index (κ1) is 26.8. The second kappa shape index (κ2) is 11.0. The molecule has 0 bridgehead atoms. The Labute approximate surface area is 223 Å². The van der Waals surface area contributed by atoms with Crippen LogP contribution in [0, 0.1) is 0 Å². The lowest BCUT2D eigenvalue weighted by Crippen LogP contribution is -2.38. The van der Waals surface area contributed by atoms with E-state index in [9.17, 15) is 18.0 Å². The van der Waals surface area contributed by atoms with Crippen molar-refractivity contribution in [3.63, 3.8) is 0 Å². The Kier molecular flexibility index (Phi) is 8.21. The van der Waals surface area contributed by atoms with Crippen molar-refractivity contribution in [2.24, 2.45) is 4.99 Å². The van der Waals surface area contributed by atoms with Gasteiger partial charge < -0.3 is 9.30 Å². The monoisotopic (exact) mass is 569 g/mol. The maximum atomic E-state index is 13.1. The minimum absolute atomic E-state index is 0.0152. The molecule has 0 spiro atoms. The van der Waals surface area contributed by atoms with Gasteiger partial charge in [0, 0.05) is 18.7 Å². The Morgan fingerprint density at radius 3 is 2.42 bits per heavy atom. The molecule has 1 aromatic heterocycles. The fourth-order valence-electron chi connectivity index (χ4n) is 4.26. The van der Waals surface area contributed by atoms with E-state index in [1.54, 1.807) is 19.2 Å². The molecule has 0 aliphatic heterocycles. The van der Waals surface area contributed by atoms with Gasteiger partial charge in [0.15, 0.2) is 4.80 Å². The van der Waals surface area contributed by atoms with E-state index in [-0.39, 0.29) is 32.9 Å². The van der Waals surface area contributed by atoms with Crippen molar-refractivity contribution in [2.75, 3.05) is 14.2 Å². The Bertz CT molecular complexity index is 1470. The number of hydrogen-bond donors (Lipinski definition) is 0. The second-order valence-electron chi connectivity index (χ2n) is 8.51. The number of esters is 1. The van der Waals surface area contributed by atoms with Crippen molar-refractivity contribution < 1.29 is 22.7 Å². The zero-order valence-electron chi connectivity index (χ0n) is 19.7. The molecule has 192 valence electrons. The molecule has 1 fully saturated rings. The predicted octanol–water partition coefficient (Wildman–Crippen LogP) is 4.88. The number of hydrogen-bond acceptors (Lipinski definition) is 6. The largest absolute Gasteiger partial charge is 0.468 e. The predicted molar refractivity (Wildman–Crippen MR) is 140 cm³/mol. The van der Waals surface area contributed by atoms with Crippen LogP contribution in [-0.4, -0.2) is 49.4 Å². The summed E-state index contributed by atoms with van der Waals surface area (Å²) < 4.78 is 34.6. The topological polar surface area (TPSA) is 98.0 Å². The van der Waals surface area contributed by atoms with Gasteiger partial charge in [0.1, 0.15) is 6.54 Å². The molecule has 0 saturated heterocycles. The van der Waals surface area contributed by atoms with E-state index in [0.717, 1.165) is 32.1 Å². The molecule has 0 radical (unpaired) electrons. The zero-order chi connectivity index (χ0) is 26.0. The van der Waals surface area contributed by atoms with Gasteiger partial charge in [-0.05, 0) is 49.2 Å². The molecule has 0 unspecified atom stereocenters. The van der Waals surface area contributed by atoms with Gasteiger partial charge in [-0.1, -0.05) is 53.8 Å². The van der Waals surface area contributed by atoms with Crippen molar-refractivity contribution in [1.29, 1.82) is 0 Å². The lowest BCUT2D eigenvalue weighted by atomic mass is 9.96. The summed E-state index contributed by atoms with van der Waals surface area (Å²) in [5.74, 6) is -1.14. The Hall–Kier alpha value is -2.24. The summed E-state index contributed by atoms with van der Waals surface area (Å²) >= 11 is 13.7. The van der Waals surface area contributed by atoms with Crippen molar-refractivity contribution >= 4 is 66.7 Å². The molecule has 36 heavy (non-hydrogen) atoms. The van der Waals surface area contributed by atoms with Crippen molar-refractivity contribution in [1.82, 2.24) is 8.87 Å². The number of fused-ring (bicyclic) bond motifs is 1.